The molecule has 0 aromatic carbocycles. The van der Waals surface area contributed by atoms with Crippen LogP contribution in [0.1, 0.15) is 71.6 Å². The lowest BCUT2D eigenvalue weighted by atomic mass is 9.76. The van der Waals surface area contributed by atoms with Crippen molar-refractivity contribution in [1.82, 2.24) is 10.6 Å². The summed E-state index contributed by atoms with van der Waals surface area (Å²) in [4.78, 5) is 0. The van der Waals surface area contributed by atoms with Crippen molar-refractivity contribution >= 4 is 0 Å². The third-order valence-electron chi connectivity index (χ3n) is 6.06. The van der Waals surface area contributed by atoms with Crippen LogP contribution < -0.4 is 10.6 Å². The third-order valence-corrected chi connectivity index (χ3v) is 6.06. The van der Waals surface area contributed by atoms with Crippen molar-refractivity contribution in [2.24, 2.45) is 17.8 Å². The smallest absolute Gasteiger partial charge is 0.0113 e. The van der Waals surface area contributed by atoms with Gasteiger partial charge in [-0.1, -0.05) is 26.7 Å². The maximum atomic E-state index is 4.11. The van der Waals surface area contributed by atoms with Gasteiger partial charge in [0.15, 0.2) is 0 Å². The van der Waals surface area contributed by atoms with Crippen LogP contribution in [0.25, 0.3) is 0 Å². The van der Waals surface area contributed by atoms with Crippen LogP contribution in [0.3, 0.4) is 0 Å². The monoisotopic (exact) mass is 278 g/mol. The minimum atomic E-state index is 0.792. The van der Waals surface area contributed by atoms with Gasteiger partial charge >= 0.3 is 0 Å². The summed E-state index contributed by atoms with van der Waals surface area (Å²) < 4.78 is 0. The topological polar surface area (TPSA) is 24.1 Å². The van der Waals surface area contributed by atoms with Gasteiger partial charge in [0.1, 0.15) is 0 Å². The third kappa shape index (κ3) is 3.57. The average molecular weight is 278 g/mol. The van der Waals surface area contributed by atoms with Gasteiger partial charge in [-0.15, -0.1) is 0 Å². The van der Waals surface area contributed by atoms with Crippen LogP contribution in [-0.4, -0.2) is 24.7 Å². The summed E-state index contributed by atoms with van der Waals surface area (Å²) in [5.74, 6) is 2.74. The Labute approximate surface area is 125 Å². The first kappa shape index (κ1) is 14.8. The minimum absolute atomic E-state index is 0.792. The first-order valence-electron chi connectivity index (χ1n) is 9.22. The van der Waals surface area contributed by atoms with E-state index in [1.54, 1.807) is 0 Å². The molecular formula is C18H34N2. The predicted octanol–water partition coefficient (Wildman–Crippen LogP) is 3.71. The molecule has 116 valence electrons. The van der Waals surface area contributed by atoms with Crippen molar-refractivity contribution in [3.63, 3.8) is 0 Å². The normalized spacial score (nSPS) is 46.5. The second kappa shape index (κ2) is 6.79. The first-order chi connectivity index (χ1) is 9.72. The highest BCUT2D eigenvalue weighted by Gasteiger charge is 2.35. The standard InChI is InChI=1S/C18H34N2/c1-13-10-14(2)12-15(11-13)20-18-7-4-3-6-16(18)17-8-5-9-19-17/h13-20H,3-12H2,1-2H3. The van der Waals surface area contributed by atoms with E-state index in [-0.39, 0.29) is 0 Å². The molecule has 2 N–H and O–H groups in total. The lowest BCUT2D eigenvalue weighted by Crippen LogP contribution is -2.51. The van der Waals surface area contributed by atoms with Crippen molar-refractivity contribution in [2.45, 2.75) is 89.8 Å². The zero-order valence-electron chi connectivity index (χ0n) is 13.5. The number of rotatable bonds is 3. The molecule has 0 spiro atoms. The minimum Gasteiger partial charge on any atom is -0.314 e. The van der Waals surface area contributed by atoms with Crippen LogP contribution in [0, 0.1) is 17.8 Å². The number of nitrogens with one attached hydrogen (secondary N) is 2. The second-order valence-corrected chi connectivity index (χ2v) is 8.04. The van der Waals surface area contributed by atoms with Gasteiger partial charge in [-0.05, 0) is 69.2 Å². The van der Waals surface area contributed by atoms with E-state index in [4.69, 9.17) is 0 Å². The summed E-state index contributed by atoms with van der Waals surface area (Å²) in [6, 6.07) is 2.40. The second-order valence-electron chi connectivity index (χ2n) is 8.04. The summed E-state index contributed by atoms with van der Waals surface area (Å²) >= 11 is 0. The molecule has 1 aliphatic heterocycles. The molecule has 1 heterocycles. The van der Waals surface area contributed by atoms with Gasteiger partial charge in [0.2, 0.25) is 0 Å². The van der Waals surface area contributed by atoms with E-state index < -0.39 is 0 Å². The molecule has 0 aromatic heterocycles. The molecule has 2 saturated carbocycles. The van der Waals surface area contributed by atoms with Crippen molar-refractivity contribution in [2.75, 3.05) is 6.54 Å². The Bertz CT molecular complexity index is 288. The summed E-state index contributed by atoms with van der Waals surface area (Å²) in [6.45, 7) is 6.15. The maximum absolute atomic E-state index is 4.11. The molecule has 0 bridgehead atoms. The molecule has 3 rings (SSSR count). The van der Waals surface area contributed by atoms with E-state index in [2.05, 4.69) is 24.5 Å². The molecule has 2 heteroatoms. The summed E-state index contributed by atoms with van der Waals surface area (Å²) in [5, 5.41) is 7.88. The predicted molar refractivity (Wildman–Crippen MR) is 85.9 cm³/mol. The fourth-order valence-corrected chi connectivity index (χ4v) is 5.31. The highest BCUT2D eigenvalue weighted by atomic mass is 15.0. The van der Waals surface area contributed by atoms with Crippen LogP contribution >= 0.6 is 0 Å². The van der Waals surface area contributed by atoms with E-state index in [1.165, 1.54) is 64.3 Å². The Balaban J connectivity index is 1.58. The van der Waals surface area contributed by atoms with Crippen LogP contribution in [0.5, 0.6) is 0 Å². The largest absolute Gasteiger partial charge is 0.314 e. The van der Waals surface area contributed by atoms with Crippen LogP contribution in [0.2, 0.25) is 0 Å². The number of hydrogen-bond donors (Lipinski definition) is 2. The van der Waals surface area contributed by atoms with Crippen molar-refractivity contribution in [1.29, 1.82) is 0 Å². The fourth-order valence-electron chi connectivity index (χ4n) is 5.31. The molecule has 5 atom stereocenters. The highest BCUT2D eigenvalue weighted by Crippen LogP contribution is 2.34. The van der Waals surface area contributed by atoms with Crippen LogP contribution in [0.15, 0.2) is 0 Å². The molecule has 2 nitrogen and oxygen atoms in total. The van der Waals surface area contributed by atoms with E-state index in [0.717, 1.165) is 35.9 Å². The van der Waals surface area contributed by atoms with Crippen molar-refractivity contribution in [3.05, 3.63) is 0 Å². The van der Waals surface area contributed by atoms with Gasteiger partial charge in [0, 0.05) is 18.1 Å². The molecule has 0 radical (unpaired) electrons. The van der Waals surface area contributed by atoms with Crippen molar-refractivity contribution < 1.29 is 0 Å². The van der Waals surface area contributed by atoms with Gasteiger partial charge in [0.05, 0.1) is 0 Å². The molecular weight excluding hydrogens is 244 g/mol. The Morgan fingerprint density at radius 1 is 0.850 bits per heavy atom. The lowest BCUT2D eigenvalue weighted by molar-refractivity contribution is 0.162. The van der Waals surface area contributed by atoms with Gasteiger partial charge in [-0.25, -0.2) is 0 Å². The molecule has 3 fully saturated rings. The van der Waals surface area contributed by atoms with E-state index in [9.17, 15) is 0 Å². The molecule has 0 aromatic rings. The molecule has 20 heavy (non-hydrogen) atoms. The Hall–Kier alpha value is -0.0800. The Morgan fingerprint density at radius 3 is 2.30 bits per heavy atom. The molecule has 5 unspecified atom stereocenters. The summed E-state index contributed by atoms with van der Waals surface area (Å²) in [6.07, 6.45) is 12.8. The Kier molecular flexibility index (Phi) is 5.04. The SMILES string of the molecule is CC1CC(C)CC(NC2CCCCC2C2CCCN2)C1. The van der Waals surface area contributed by atoms with E-state index in [1.807, 2.05) is 0 Å². The van der Waals surface area contributed by atoms with Gasteiger partial charge in [0.25, 0.3) is 0 Å². The maximum Gasteiger partial charge on any atom is 0.0113 e. The fraction of sp³-hybridized carbons (Fsp3) is 1.00. The first-order valence-corrected chi connectivity index (χ1v) is 9.22. The van der Waals surface area contributed by atoms with E-state index >= 15 is 0 Å². The quantitative estimate of drug-likeness (QED) is 0.822. The van der Waals surface area contributed by atoms with Gasteiger partial charge in [-0.3, -0.25) is 0 Å². The summed E-state index contributed by atoms with van der Waals surface area (Å²) in [5.41, 5.74) is 0. The summed E-state index contributed by atoms with van der Waals surface area (Å²) in [7, 11) is 0. The molecule has 2 aliphatic carbocycles. The van der Waals surface area contributed by atoms with Crippen LogP contribution in [0.4, 0.5) is 0 Å². The molecule has 1 saturated heterocycles. The van der Waals surface area contributed by atoms with Gasteiger partial charge in [-0.2, -0.15) is 0 Å². The lowest BCUT2D eigenvalue weighted by Gasteiger charge is -2.41. The van der Waals surface area contributed by atoms with Gasteiger partial charge < -0.3 is 10.6 Å². The zero-order chi connectivity index (χ0) is 13.9. The molecule has 3 aliphatic rings. The van der Waals surface area contributed by atoms with E-state index in [0.29, 0.717) is 0 Å². The highest BCUT2D eigenvalue weighted by molar-refractivity contribution is 4.93. The van der Waals surface area contributed by atoms with Crippen molar-refractivity contribution in [3.8, 4) is 0 Å². The molecule has 0 amide bonds. The average Bonchev–Trinajstić information content (AvgIpc) is 2.92. The Morgan fingerprint density at radius 2 is 1.60 bits per heavy atom. The zero-order valence-corrected chi connectivity index (χ0v) is 13.5. The number of hydrogen-bond acceptors (Lipinski definition) is 2. The van der Waals surface area contributed by atoms with Crippen LogP contribution in [-0.2, 0) is 0 Å².